The quantitative estimate of drug-likeness (QED) is 0.793. The fraction of sp³-hybridized carbons (Fsp3) is 0.235. The predicted molar refractivity (Wildman–Crippen MR) is 85.5 cm³/mol. The van der Waals surface area contributed by atoms with Crippen LogP contribution < -0.4 is 20.9 Å². The number of halogens is 1. The number of anilines is 1. The van der Waals surface area contributed by atoms with E-state index in [4.69, 9.17) is 4.74 Å². The average molecular weight is 315 g/mol. The molecule has 1 fully saturated rings. The molecule has 1 heterocycles. The molecule has 0 bridgehead atoms. The van der Waals surface area contributed by atoms with E-state index in [1.165, 1.54) is 12.1 Å². The van der Waals surface area contributed by atoms with Crippen LogP contribution in [0.1, 0.15) is 18.0 Å². The molecule has 0 aromatic heterocycles. The second-order valence-corrected chi connectivity index (χ2v) is 5.30. The van der Waals surface area contributed by atoms with Crippen LogP contribution in [0.5, 0.6) is 5.75 Å². The van der Waals surface area contributed by atoms with E-state index in [-0.39, 0.29) is 18.3 Å². The van der Waals surface area contributed by atoms with Crippen molar-refractivity contribution in [2.45, 2.75) is 12.5 Å². The van der Waals surface area contributed by atoms with Gasteiger partial charge in [0.1, 0.15) is 0 Å². The largest absolute Gasteiger partial charge is 0.481 e. The minimum absolute atomic E-state index is 0.0674. The molecule has 23 heavy (non-hydrogen) atoms. The summed E-state index contributed by atoms with van der Waals surface area (Å²) < 4.78 is 18.6. The summed E-state index contributed by atoms with van der Waals surface area (Å²) in [5.41, 5.74) is 8.12. The molecular weight excluding hydrogens is 297 g/mol. The summed E-state index contributed by atoms with van der Waals surface area (Å²) in [6.07, 6.45) is 1.03. The fourth-order valence-electron chi connectivity index (χ4n) is 2.43. The summed E-state index contributed by atoms with van der Waals surface area (Å²) in [6.45, 7) is 0.702. The third kappa shape index (κ3) is 4.06. The molecule has 6 heteroatoms. The second kappa shape index (κ2) is 7.21. The highest BCUT2D eigenvalue weighted by molar-refractivity contribution is 5.91. The van der Waals surface area contributed by atoms with Crippen molar-refractivity contribution >= 4 is 11.6 Å². The Bertz CT molecular complexity index is 670. The number of amides is 1. The van der Waals surface area contributed by atoms with Gasteiger partial charge in [0.05, 0.1) is 0 Å². The Morgan fingerprint density at radius 3 is 2.70 bits per heavy atom. The van der Waals surface area contributed by atoms with Crippen LogP contribution in [0.3, 0.4) is 0 Å². The van der Waals surface area contributed by atoms with Crippen molar-refractivity contribution in [3.8, 4) is 5.75 Å². The summed E-state index contributed by atoms with van der Waals surface area (Å²) >= 11 is 0. The van der Waals surface area contributed by atoms with Crippen LogP contribution in [-0.2, 0) is 4.79 Å². The molecule has 1 aliphatic heterocycles. The van der Waals surface area contributed by atoms with Gasteiger partial charge in [-0.05, 0) is 36.2 Å². The number of hydrogen-bond acceptors (Lipinski definition) is 4. The molecule has 3 rings (SSSR count). The molecule has 0 spiro atoms. The van der Waals surface area contributed by atoms with Gasteiger partial charge in [0.2, 0.25) is 0 Å². The highest BCUT2D eigenvalue weighted by Gasteiger charge is 2.15. The molecule has 3 N–H and O–H groups in total. The van der Waals surface area contributed by atoms with E-state index >= 15 is 0 Å². The monoisotopic (exact) mass is 315 g/mol. The van der Waals surface area contributed by atoms with Crippen LogP contribution in [0.15, 0.2) is 48.5 Å². The van der Waals surface area contributed by atoms with Crippen molar-refractivity contribution in [2.24, 2.45) is 0 Å². The summed E-state index contributed by atoms with van der Waals surface area (Å²) in [5, 5.41) is 2.73. The Hall–Kier alpha value is -2.44. The topological polar surface area (TPSA) is 62.4 Å². The van der Waals surface area contributed by atoms with E-state index in [1.807, 2.05) is 24.3 Å². The van der Waals surface area contributed by atoms with Crippen molar-refractivity contribution in [1.82, 2.24) is 10.9 Å². The highest BCUT2D eigenvalue weighted by atomic mass is 19.1. The maximum atomic E-state index is 13.4. The minimum atomic E-state index is -0.484. The van der Waals surface area contributed by atoms with Crippen LogP contribution in [0, 0.1) is 5.82 Å². The van der Waals surface area contributed by atoms with Gasteiger partial charge in [-0.3, -0.25) is 15.6 Å². The molecule has 5 nitrogen and oxygen atoms in total. The van der Waals surface area contributed by atoms with E-state index in [9.17, 15) is 9.18 Å². The number of rotatable bonds is 5. The zero-order valence-corrected chi connectivity index (χ0v) is 12.5. The van der Waals surface area contributed by atoms with Gasteiger partial charge < -0.3 is 10.1 Å². The highest BCUT2D eigenvalue weighted by Crippen LogP contribution is 2.20. The molecule has 120 valence electrons. The van der Waals surface area contributed by atoms with Crippen molar-refractivity contribution in [3.05, 3.63) is 59.9 Å². The predicted octanol–water partition coefficient (Wildman–Crippen LogP) is 2.38. The Kier molecular flexibility index (Phi) is 4.85. The Labute approximate surface area is 133 Å². The molecule has 1 saturated heterocycles. The van der Waals surface area contributed by atoms with Gasteiger partial charge in [-0.25, -0.2) is 4.39 Å². The van der Waals surface area contributed by atoms with Crippen LogP contribution >= 0.6 is 0 Å². The first-order valence-electron chi connectivity index (χ1n) is 7.48. The first kappa shape index (κ1) is 15.5. The van der Waals surface area contributed by atoms with E-state index in [2.05, 4.69) is 16.2 Å². The summed E-state index contributed by atoms with van der Waals surface area (Å²) in [7, 11) is 0. The first-order valence-corrected chi connectivity index (χ1v) is 7.48. The fourth-order valence-corrected chi connectivity index (χ4v) is 2.43. The lowest BCUT2D eigenvalue weighted by Crippen LogP contribution is -2.24. The zero-order valence-electron chi connectivity index (χ0n) is 12.5. The first-order chi connectivity index (χ1) is 11.2. The number of ether oxygens (including phenoxy) is 1. The molecular formula is C17H18FN3O2. The molecule has 0 aliphatic carbocycles. The van der Waals surface area contributed by atoms with E-state index in [1.54, 1.807) is 12.1 Å². The van der Waals surface area contributed by atoms with Gasteiger partial charge in [-0.2, -0.15) is 0 Å². The Morgan fingerprint density at radius 1 is 1.22 bits per heavy atom. The van der Waals surface area contributed by atoms with Crippen molar-refractivity contribution in [2.75, 3.05) is 18.5 Å². The van der Waals surface area contributed by atoms with Gasteiger partial charge >= 0.3 is 0 Å². The van der Waals surface area contributed by atoms with E-state index in [0.717, 1.165) is 18.5 Å². The van der Waals surface area contributed by atoms with Gasteiger partial charge in [-0.15, -0.1) is 0 Å². The third-order valence-corrected chi connectivity index (χ3v) is 3.63. The Balaban J connectivity index is 1.52. The minimum Gasteiger partial charge on any atom is -0.481 e. The van der Waals surface area contributed by atoms with Crippen LogP contribution in [0.4, 0.5) is 10.1 Å². The molecule has 0 saturated carbocycles. The lowest BCUT2D eigenvalue weighted by atomic mass is 10.1. The molecule has 0 radical (unpaired) electrons. The summed E-state index contributed by atoms with van der Waals surface area (Å²) in [4.78, 5) is 11.9. The van der Waals surface area contributed by atoms with Gasteiger partial charge in [0, 0.05) is 18.3 Å². The van der Waals surface area contributed by atoms with Gasteiger partial charge in [0.15, 0.2) is 18.2 Å². The van der Waals surface area contributed by atoms with Crippen molar-refractivity contribution in [1.29, 1.82) is 0 Å². The number of carbonyl (C=O) groups excluding carboxylic acids is 1. The SMILES string of the molecule is O=C(COc1ccccc1F)Nc1ccc(C2CCNN2)cc1. The number of benzene rings is 2. The summed E-state index contributed by atoms with van der Waals surface area (Å²) in [6, 6.07) is 13.9. The van der Waals surface area contributed by atoms with E-state index in [0.29, 0.717) is 11.7 Å². The summed E-state index contributed by atoms with van der Waals surface area (Å²) in [5.74, 6) is -0.748. The maximum Gasteiger partial charge on any atom is 0.262 e. The molecule has 2 aromatic rings. The van der Waals surface area contributed by atoms with Crippen LogP contribution in [0.25, 0.3) is 0 Å². The smallest absolute Gasteiger partial charge is 0.262 e. The second-order valence-electron chi connectivity index (χ2n) is 5.30. The number of carbonyl (C=O) groups is 1. The lowest BCUT2D eigenvalue weighted by molar-refractivity contribution is -0.118. The zero-order chi connectivity index (χ0) is 16.1. The molecule has 1 aliphatic rings. The molecule has 1 amide bonds. The van der Waals surface area contributed by atoms with Gasteiger partial charge in [-0.1, -0.05) is 24.3 Å². The normalized spacial score (nSPS) is 17.0. The molecule has 1 unspecified atom stereocenters. The molecule has 2 aromatic carbocycles. The number of nitrogens with one attached hydrogen (secondary N) is 3. The Morgan fingerprint density at radius 2 is 2.00 bits per heavy atom. The molecule has 1 atom stereocenters. The maximum absolute atomic E-state index is 13.4. The lowest BCUT2D eigenvalue weighted by Gasteiger charge is -2.11. The number of hydrogen-bond donors (Lipinski definition) is 3. The standard InChI is InChI=1S/C17H18FN3O2/c18-14-3-1-2-4-16(14)23-11-17(22)20-13-7-5-12(6-8-13)15-9-10-19-21-15/h1-8,15,19,21H,9-11H2,(H,20,22). The average Bonchev–Trinajstić information content (AvgIpc) is 3.09. The van der Waals surface area contributed by atoms with Gasteiger partial charge in [0.25, 0.3) is 5.91 Å². The van der Waals surface area contributed by atoms with E-state index < -0.39 is 5.82 Å². The van der Waals surface area contributed by atoms with Crippen molar-refractivity contribution in [3.63, 3.8) is 0 Å². The van der Waals surface area contributed by atoms with Crippen LogP contribution in [0.2, 0.25) is 0 Å². The third-order valence-electron chi connectivity index (χ3n) is 3.63. The van der Waals surface area contributed by atoms with Crippen molar-refractivity contribution < 1.29 is 13.9 Å². The number of hydrazine groups is 1. The number of para-hydroxylation sites is 1. The van der Waals surface area contributed by atoms with Crippen LogP contribution in [-0.4, -0.2) is 19.1 Å².